The summed E-state index contributed by atoms with van der Waals surface area (Å²) in [6.07, 6.45) is 0. The summed E-state index contributed by atoms with van der Waals surface area (Å²) in [4.78, 5) is 16.4. The smallest absolute Gasteiger partial charge is 0.335 e. The Labute approximate surface area is 185 Å². The fraction of sp³-hybridized carbons (Fsp3) is 0. The molecule has 4 heteroatoms. The van der Waals surface area contributed by atoms with Crippen molar-refractivity contribution in [1.82, 2.24) is 4.98 Å². The molecule has 154 valence electrons. The van der Waals surface area contributed by atoms with Crippen molar-refractivity contribution < 1.29 is 14.3 Å². The SMILES string of the molecule is O=C(O)c1cccc(-c2ccccc2-c2nc(-c3ccccc3)c(-c3ccccc3)o2)c1. The van der Waals surface area contributed by atoms with E-state index in [1.165, 1.54) is 0 Å². The van der Waals surface area contributed by atoms with Crippen LogP contribution in [0.4, 0.5) is 0 Å². The Balaban J connectivity index is 1.70. The fourth-order valence-electron chi connectivity index (χ4n) is 3.75. The molecule has 0 bridgehead atoms. The molecule has 4 nitrogen and oxygen atoms in total. The first-order valence-corrected chi connectivity index (χ1v) is 10.3. The molecule has 0 aliphatic rings. The molecular weight excluding hydrogens is 398 g/mol. The van der Waals surface area contributed by atoms with Crippen LogP contribution in [0.25, 0.3) is 45.2 Å². The summed E-state index contributed by atoms with van der Waals surface area (Å²) in [6.45, 7) is 0. The van der Waals surface area contributed by atoms with Gasteiger partial charge in [0.2, 0.25) is 5.89 Å². The van der Waals surface area contributed by atoms with Crippen LogP contribution in [0.15, 0.2) is 114 Å². The number of aromatic nitrogens is 1. The van der Waals surface area contributed by atoms with E-state index in [1.807, 2.05) is 91.0 Å². The van der Waals surface area contributed by atoms with E-state index >= 15 is 0 Å². The minimum Gasteiger partial charge on any atom is -0.478 e. The highest BCUT2D eigenvalue weighted by Gasteiger charge is 2.20. The van der Waals surface area contributed by atoms with Gasteiger partial charge in [-0.3, -0.25) is 0 Å². The molecule has 0 saturated carbocycles. The number of carbonyl (C=O) groups is 1. The number of rotatable bonds is 5. The lowest BCUT2D eigenvalue weighted by Crippen LogP contribution is -1.96. The third-order valence-corrected chi connectivity index (χ3v) is 5.29. The number of carboxylic acid groups (broad SMARTS) is 1. The molecule has 5 aromatic rings. The lowest BCUT2D eigenvalue weighted by molar-refractivity contribution is 0.0697. The number of aromatic carboxylic acids is 1. The second-order valence-corrected chi connectivity index (χ2v) is 7.36. The molecule has 5 rings (SSSR count). The maximum atomic E-state index is 11.5. The van der Waals surface area contributed by atoms with Crippen molar-refractivity contribution in [1.29, 1.82) is 0 Å². The van der Waals surface area contributed by atoms with Crippen LogP contribution < -0.4 is 0 Å². The molecular formula is C28H19NO3. The average Bonchev–Trinajstić information content (AvgIpc) is 3.31. The van der Waals surface area contributed by atoms with Crippen molar-refractivity contribution in [2.45, 2.75) is 0 Å². The fourth-order valence-corrected chi connectivity index (χ4v) is 3.75. The number of hydrogen-bond acceptors (Lipinski definition) is 3. The van der Waals surface area contributed by atoms with E-state index in [0.29, 0.717) is 11.7 Å². The molecule has 0 aliphatic carbocycles. The summed E-state index contributed by atoms with van der Waals surface area (Å²) >= 11 is 0. The number of hydrogen-bond donors (Lipinski definition) is 1. The van der Waals surface area contributed by atoms with Crippen molar-refractivity contribution in [3.63, 3.8) is 0 Å². The Kier molecular flexibility index (Phi) is 5.10. The van der Waals surface area contributed by atoms with Crippen molar-refractivity contribution in [2.24, 2.45) is 0 Å². The van der Waals surface area contributed by atoms with Gasteiger partial charge in [-0.25, -0.2) is 9.78 Å². The van der Waals surface area contributed by atoms with E-state index in [9.17, 15) is 9.90 Å². The highest BCUT2D eigenvalue weighted by molar-refractivity contribution is 5.91. The summed E-state index contributed by atoms with van der Waals surface area (Å²) in [5.41, 5.74) is 5.36. The number of nitrogens with zero attached hydrogens (tertiary/aromatic N) is 1. The molecule has 0 radical (unpaired) electrons. The lowest BCUT2D eigenvalue weighted by Gasteiger charge is -2.08. The Hall–Kier alpha value is -4.44. The molecule has 1 heterocycles. The summed E-state index contributed by atoms with van der Waals surface area (Å²) < 4.78 is 6.35. The van der Waals surface area contributed by atoms with Crippen LogP contribution in [-0.4, -0.2) is 16.1 Å². The third kappa shape index (κ3) is 3.70. The summed E-state index contributed by atoms with van der Waals surface area (Å²) in [6, 6.07) is 34.5. The molecule has 1 aromatic heterocycles. The Morgan fingerprint density at radius 1 is 0.656 bits per heavy atom. The largest absolute Gasteiger partial charge is 0.478 e. The monoisotopic (exact) mass is 417 g/mol. The van der Waals surface area contributed by atoms with Crippen LogP contribution in [-0.2, 0) is 0 Å². The number of benzene rings is 4. The molecule has 0 fully saturated rings. The molecule has 4 aromatic carbocycles. The Morgan fingerprint density at radius 3 is 1.94 bits per heavy atom. The van der Waals surface area contributed by atoms with Crippen molar-refractivity contribution >= 4 is 5.97 Å². The first kappa shape index (κ1) is 19.5. The van der Waals surface area contributed by atoms with Gasteiger partial charge < -0.3 is 9.52 Å². The first-order chi connectivity index (χ1) is 15.7. The zero-order chi connectivity index (χ0) is 21.9. The van der Waals surface area contributed by atoms with Gasteiger partial charge >= 0.3 is 5.97 Å². The molecule has 0 atom stereocenters. The normalized spacial score (nSPS) is 10.8. The van der Waals surface area contributed by atoms with Crippen molar-refractivity contribution in [2.75, 3.05) is 0 Å². The second-order valence-electron chi connectivity index (χ2n) is 7.36. The van der Waals surface area contributed by atoms with Gasteiger partial charge in [0, 0.05) is 16.7 Å². The number of carboxylic acids is 1. The van der Waals surface area contributed by atoms with Crippen LogP contribution in [0.1, 0.15) is 10.4 Å². The summed E-state index contributed by atoms with van der Waals surface area (Å²) in [5, 5.41) is 9.40. The standard InChI is InChI=1S/C28H19NO3/c30-28(31)22-15-9-14-21(18-22)23-16-7-8-17-24(23)27-29-25(19-10-3-1-4-11-19)26(32-27)20-12-5-2-6-13-20/h1-18H,(H,30,31). The molecule has 0 saturated heterocycles. The van der Waals surface area contributed by atoms with Crippen molar-refractivity contribution in [3.8, 4) is 45.2 Å². The lowest BCUT2D eigenvalue weighted by atomic mass is 9.98. The Morgan fingerprint density at radius 2 is 1.25 bits per heavy atom. The maximum Gasteiger partial charge on any atom is 0.335 e. The van der Waals surface area contributed by atoms with E-state index in [2.05, 4.69) is 0 Å². The van der Waals surface area contributed by atoms with Crippen molar-refractivity contribution in [3.05, 3.63) is 115 Å². The van der Waals surface area contributed by atoms with Gasteiger partial charge in [0.1, 0.15) is 5.69 Å². The first-order valence-electron chi connectivity index (χ1n) is 10.3. The van der Waals surface area contributed by atoms with Gasteiger partial charge in [-0.05, 0) is 29.3 Å². The topological polar surface area (TPSA) is 63.3 Å². The zero-order valence-corrected chi connectivity index (χ0v) is 17.1. The van der Waals surface area contributed by atoms with Gasteiger partial charge in [0.05, 0.1) is 5.56 Å². The van der Waals surface area contributed by atoms with Gasteiger partial charge in [0.15, 0.2) is 5.76 Å². The molecule has 0 amide bonds. The van der Waals surface area contributed by atoms with Gasteiger partial charge in [-0.1, -0.05) is 91.0 Å². The predicted octanol–water partition coefficient (Wildman–Crippen LogP) is 7.04. The van der Waals surface area contributed by atoms with Crippen LogP contribution >= 0.6 is 0 Å². The van der Waals surface area contributed by atoms with Crippen LogP contribution in [0, 0.1) is 0 Å². The van der Waals surface area contributed by atoms with Crippen LogP contribution in [0.2, 0.25) is 0 Å². The second kappa shape index (κ2) is 8.36. The highest BCUT2D eigenvalue weighted by atomic mass is 16.4. The molecule has 1 N–H and O–H groups in total. The zero-order valence-electron chi connectivity index (χ0n) is 17.1. The Bertz CT molecular complexity index is 1330. The molecule has 0 spiro atoms. The number of oxazole rings is 1. The predicted molar refractivity (Wildman–Crippen MR) is 125 cm³/mol. The van der Waals surface area contributed by atoms with Crippen LogP contribution in [0.3, 0.4) is 0 Å². The molecule has 32 heavy (non-hydrogen) atoms. The minimum absolute atomic E-state index is 0.236. The summed E-state index contributed by atoms with van der Waals surface area (Å²) in [7, 11) is 0. The quantitative estimate of drug-likeness (QED) is 0.333. The van der Waals surface area contributed by atoms with E-state index in [1.54, 1.807) is 18.2 Å². The van der Waals surface area contributed by atoms with Gasteiger partial charge in [-0.2, -0.15) is 0 Å². The molecule has 0 unspecified atom stereocenters. The van der Waals surface area contributed by atoms with E-state index in [4.69, 9.17) is 9.40 Å². The average molecular weight is 417 g/mol. The molecule has 0 aliphatic heterocycles. The third-order valence-electron chi connectivity index (χ3n) is 5.29. The van der Waals surface area contributed by atoms with E-state index in [-0.39, 0.29) is 5.56 Å². The van der Waals surface area contributed by atoms with E-state index < -0.39 is 5.97 Å². The maximum absolute atomic E-state index is 11.5. The van der Waals surface area contributed by atoms with Gasteiger partial charge in [0.25, 0.3) is 0 Å². The van der Waals surface area contributed by atoms with E-state index in [0.717, 1.165) is 33.5 Å². The minimum atomic E-state index is -0.960. The van der Waals surface area contributed by atoms with Gasteiger partial charge in [-0.15, -0.1) is 0 Å². The van der Waals surface area contributed by atoms with Crippen LogP contribution in [0.5, 0.6) is 0 Å². The summed E-state index contributed by atoms with van der Waals surface area (Å²) in [5.74, 6) is 0.220. The highest BCUT2D eigenvalue weighted by Crippen LogP contribution is 2.39.